The van der Waals surface area contributed by atoms with Gasteiger partial charge in [-0.25, -0.2) is 0 Å². The lowest BCUT2D eigenvalue weighted by atomic mass is 10.0. The highest BCUT2D eigenvalue weighted by molar-refractivity contribution is 5.82. The van der Waals surface area contributed by atoms with Crippen molar-refractivity contribution in [2.45, 2.75) is 38.3 Å². The molecule has 0 saturated carbocycles. The number of carbonyl (C=O) groups is 1. The summed E-state index contributed by atoms with van der Waals surface area (Å²) < 4.78 is 0. The third-order valence-corrected chi connectivity index (χ3v) is 5.04. The molecule has 2 aliphatic rings. The number of benzene rings is 1. The van der Waals surface area contributed by atoms with Gasteiger partial charge < -0.3 is 15.5 Å². The summed E-state index contributed by atoms with van der Waals surface area (Å²) in [5, 5.41) is 6.50. The zero-order valence-corrected chi connectivity index (χ0v) is 14.7. The Bertz CT molecular complexity index is 507. The molecule has 2 saturated heterocycles. The van der Waals surface area contributed by atoms with Crippen molar-refractivity contribution in [2.75, 3.05) is 44.2 Å². The smallest absolute Gasteiger partial charge is 0.237 e. The standard InChI is InChI=1S/C19H30N4O/c1-16(21-19(24)18-9-5-6-10-20-18)15-22-11-13-23(14-12-22)17-7-3-2-4-8-17/h2-4,7-8,16,18,20H,5-6,9-15H2,1H3,(H,21,24)/t16?,18-/m1/s1. The van der Waals surface area contributed by atoms with Crippen molar-refractivity contribution in [1.29, 1.82) is 0 Å². The molecule has 2 heterocycles. The average molecular weight is 330 g/mol. The number of anilines is 1. The highest BCUT2D eigenvalue weighted by Crippen LogP contribution is 2.15. The van der Waals surface area contributed by atoms with Crippen LogP contribution in [0.5, 0.6) is 0 Å². The SMILES string of the molecule is CC(CN1CCN(c2ccccc2)CC1)NC(=O)[C@H]1CCCCN1. The van der Waals surface area contributed by atoms with Crippen LogP contribution in [-0.2, 0) is 4.79 Å². The summed E-state index contributed by atoms with van der Waals surface area (Å²) in [6.07, 6.45) is 3.31. The van der Waals surface area contributed by atoms with Crippen LogP contribution in [0.25, 0.3) is 0 Å². The van der Waals surface area contributed by atoms with E-state index in [1.807, 2.05) is 0 Å². The highest BCUT2D eigenvalue weighted by atomic mass is 16.2. The number of hydrogen-bond donors (Lipinski definition) is 2. The predicted molar refractivity (Wildman–Crippen MR) is 98.3 cm³/mol. The summed E-state index contributed by atoms with van der Waals surface area (Å²) in [7, 11) is 0. The second-order valence-electron chi connectivity index (χ2n) is 7.04. The Kier molecular flexibility index (Phi) is 6.10. The van der Waals surface area contributed by atoms with Gasteiger partial charge in [-0.2, -0.15) is 0 Å². The lowest BCUT2D eigenvalue weighted by molar-refractivity contribution is -0.124. The summed E-state index contributed by atoms with van der Waals surface area (Å²) in [5.41, 5.74) is 1.31. The fourth-order valence-corrected chi connectivity index (χ4v) is 3.68. The number of nitrogens with one attached hydrogen (secondary N) is 2. The largest absolute Gasteiger partial charge is 0.369 e. The molecule has 5 nitrogen and oxygen atoms in total. The van der Waals surface area contributed by atoms with E-state index < -0.39 is 0 Å². The molecule has 132 valence electrons. The zero-order chi connectivity index (χ0) is 16.8. The van der Waals surface area contributed by atoms with Gasteiger partial charge in [0, 0.05) is 44.5 Å². The molecule has 1 aromatic rings. The van der Waals surface area contributed by atoms with Crippen LogP contribution in [-0.4, -0.2) is 62.2 Å². The molecule has 0 aromatic heterocycles. The third-order valence-electron chi connectivity index (χ3n) is 5.04. The fraction of sp³-hybridized carbons (Fsp3) is 0.632. The number of para-hydroxylation sites is 1. The van der Waals surface area contributed by atoms with E-state index in [0.717, 1.165) is 52.1 Å². The van der Waals surface area contributed by atoms with Crippen LogP contribution >= 0.6 is 0 Å². The molecular weight excluding hydrogens is 300 g/mol. The van der Waals surface area contributed by atoms with Crippen LogP contribution in [0.4, 0.5) is 5.69 Å². The summed E-state index contributed by atoms with van der Waals surface area (Å²) in [4.78, 5) is 17.2. The van der Waals surface area contributed by atoms with E-state index in [2.05, 4.69) is 57.7 Å². The van der Waals surface area contributed by atoms with Crippen molar-refractivity contribution in [2.24, 2.45) is 0 Å². The Hall–Kier alpha value is -1.59. The average Bonchev–Trinajstić information content (AvgIpc) is 2.64. The van der Waals surface area contributed by atoms with Crippen LogP contribution in [0.3, 0.4) is 0 Å². The maximum Gasteiger partial charge on any atom is 0.237 e. The first-order chi connectivity index (χ1) is 11.7. The van der Waals surface area contributed by atoms with Gasteiger partial charge in [0.1, 0.15) is 0 Å². The Morgan fingerprint density at radius 2 is 1.96 bits per heavy atom. The second-order valence-corrected chi connectivity index (χ2v) is 7.04. The minimum Gasteiger partial charge on any atom is -0.369 e. The van der Waals surface area contributed by atoms with Crippen LogP contribution in [0.2, 0.25) is 0 Å². The quantitative estimate of drug-likeness (QED) is 0.858. The van der Waals surface area contributed by atoms with Crippen molar-refractivity contribution in [3.8, 4) is 0 Å². The summed E-state index contributed by atoms with van der Waals surface area (Å²) in [6, 6.07) is 10.8. The molecule has 1 unspecified atom stereocenters. The molecule has 2 atom stereocenters. The summed E-state index contributed by atoms with van der Waals surface area (Å²) in [6.45, 7) is 8.22. The first-order valence-corrected chi connectivity index (χ1v) is 9.28. The lowest BCUT2D eigenvalue weighted by Gasteiger charge is -2.37. The van der Waals surface area contributed by atoms with Crippen molar-refractivity contribution in [3.63, 3.8) is 0 Å². The van der Waals surface area contributed by atoms with E-state index in [1.54, 1.807) is 0 Å². The number of carbonyl (C=O) groups excluding carboxylic acids is 1. The van der Waals surface area contributed by atoms with Crippen molar-refractivity contribution in [3.05, 3.63) is 30.3 Å². The van der Waals surface area contributed by atoms with E-state index in [0.29, 0.717) is 0 Å². The monoisotopic (exact) mass is 330 g/mol. The predicted octanol–water partition coefficient (Wildman–Crippen LogP) is 1.46. The van der Waals surface area contributed by atoms with Gasteiger partial charge in [0.05, 0.1) is 6.04 Å². The van der Waals surface area contributed by atoms with Gasteiger partial charge in [-0.15, -0.1) is 0 Å². The van der Waals surface area contributed by atoms with Gasteiger partial charge in [-0.05, 0) is 38.4 Å². The minimum absolute atomic E-state index is 0.0103. The third kappa shape index (κ3) is 4.71. The Labute approximate surface area is 145 Å². The first kappa shape index (κ1) is 17.2. The van der Waals surface area contributed by atoms with Gasteiger partial charge >= 0.3 is 0 Å². The van der Waals surface area contributed by atoms with Gasteiger partial charge in [-0.1, -0.05) is 24.6 Å². The molecule has 5 heteroatoms. The second kappa shape index (κ2) is 8.49. The molecule has 24 heavy (non-hydrogen) atoms. The molecule has 0 bridgehead atoms. The van der Waals surface area contributed by atoms with Crippen LogP contribution < -0.4 is 15.5 Å². The number of hydrogen-bond acceptors (Lipinski definition) is 4. The maximum atomic E-state index is 12.3. The molecular formula is C19H30N4O. The summed E-state index contributed by atoms with van der Waals surface area (Å²) in [5.74, 6) is 0.171. The zero-order valence-electron chi connectivity index (χ0n) is 14.7. The fourth-order valence-electron chi connectivity index (χ4n) is 3.68. The van der Waals surface area contributed by atoms with Crippen LogP contribution in [0.15, 0.2) is 30.3 Å². The number of piperidine rings is 1. The Balaban J connectivity index is 1.40. The topological polar surface area (TPSA) is 47.6 Å². The van der Waals surface area contributed by atoms with E-state index >= 15 is 0 Å². The van der Waals surface area contributed by atoms with Crippen molar-refractivity contribution >= 4 is 11.6 Å². The first-order valence-electron chi connectivity index (χ1n) is 9.28. The number of piperazine rings is 1. The molecule has 2 N–H and O–H groups in total. The van der Waals surface area contributed by atoms with Gasteiger partial charge in [0.2, 0.25) is 5.91 Å². The molecule has 0 spiro atoms. The normalized spacial score (nSPS) is 23.7. The highest BCUT2D eigenvalue weighted by Gasteiger charge is 2.23. The number of amides is 1. The summed E-state index contributed by atoms with van der Waals surface area (Å²) >= 11 is 0. The Morgan fingerprint density at radius 3 is 2.62 bits per heavy atom. The molecule has 0 radical (unpaired) electrons. The van der Waals surface area contributed by atoms with Crippen LogP contribution in [0.1, 0.15) is 26.2 Å². The Morgan fingerprint density at radius 1 is 1.21 bits per heavy atom. The van der Waals surface area contributed by atoms with Crippen molar-refractivity contribution in [1.82, 2.24) is 15.5 Å². The van der Waals surface area contributed by atoms with Gasteiger partial charge in [-0.3, -0.25) is 9.69 Å². The van der Waals surface area contributed by atoms with Gasteiger partial charge in [0.15, 0.2) is 0 Å². The minimum atomic E-state index is 0.0103. The molecule has 1 aromatic carbocycles. The van der Waals surface area contributed by atoms with Gasteiger partial charge in [0.25, 0.3) is 0 Å². The molecule has 0 aliphatic carbocycles. The molecule has 2 fully saturated rings. The van der Waals surface area contributed by atoms with Crippen LogP contribution in [0, 0.1) is 0 Å². The number of nitrogens with zero attached hydrogens (tertiary/aromatic N) is 2. The molecule has 2 aliphatic heterocycles. The van der Waals surface area contributed by atoms with E-state index in [1.165, 1.54) is 12.1 Å². The lowest BCUT2D eigenvalue weighted by Crippen LogP contribution is -2.54. The van der Waals surface area contributed by atoms with E-state index in [9.17, 15) is 4.79 Å². The molecule has 3 rings (SSSR count). The molecule has 1 amide bonds. The van der Waals surface area contributed by atoms with E-state index in [4.69, 9.17) is 0 Å². The van der Waals surface area contributed by atoms with Crippen molar-refractivity contribution < 1.29 is 4.79 Å². The number of rotatable bonds is 5. The van der Waals surface area contributed by atoms with E-state index in [-0.39, 0.29) is 18.0 Å². The maximum absolute atomic E-state index is 12.3.